The summed E-state index contributed by atoms with van der Waals surface area (Å²) in [4.78, 5) is 11.3. The third-order valence-electron chi connectivity index (χ3n) is 3.37. The molecule has 14 heavy (non-hydrogen) atoms. The fourth-order valence-electron chi connectivity index (χ4n) is 2.57. The summed E-state index contributed by atoms with van der Waals surface area (Å²) >= 11 is 0. The lowest BCUT2D eigenvalue weighted by Crippen LogP contribution is -2.37. The molecule has 2 N–H and O–H groups in total. The van der Waals surface area contributed by atoms with E-state index in [2.05, 4.69) is 6.92 Å². The Bertz CT molecular complexity index is 205. The zero-order valence-electron chi connectivity index (χ0n) is 9.21. The molecular formula is C11H21NO2. The van der Waals surface area contributed by atoms with Crippen LogP contribution in [0, 0.1) is 11.3 Å². The molecule has 0 spiro atoms. The smallest absolute Gasteiger partial charge is 0.306 e. The number of carbonyl (C=O) groups excluding carboxylic acids is 1. The van der Waals surface area contributed by atoms with Gasteiger partial charge in [-0.2, -0.15) is 0 Å². The van der Waals surface area contributed by atoms with Gasteiger partial charge in [0, 0.05) is 0 Å². The lowest BCUT2D eigenvalue weighted by Gasteiger charge is -2.38. The van der Waals surface area contributed by atoms with E-state index < -0.39 is 0 Å². The highest BCUT2D eigenvalue weighted by Crippen LogP contribution is 2.41. The number of methoxy groups -OCH3 is 1. The van der Waals surface area contributed by atoms with Crippen molar-refractivity contribution in [2.45, 2.75) is 39.0 Å². The molecule has 3 nitrogen and oxygen atoms in total. The van der Waals surface area contributed by atoms with Gasteiger partial charge in [0.1, 0.15) is 0 Å². The summed E-state index contributed by atoms with van der Waals surface area (Å²) in [6.45, 7) is 2.84. The first kappa shape index (κ1) is 11.5. The van der Waals surface area contributed by atoms with Crippen molar-refractivity contribution in [2.75, 3.05) is 13.7 Å². The number of hydrogen-bond acceptors (Lipinski definition) is 3. The molecule has 1 aliphatic rings. The van der Waals surface area contributed by atoms with Crippen LogP contribution in [-0.4, -0.2) is 19.6 Å². The summed E-state index contributed by atoms with van der Waals surface area (Å²) in [7, 11) is 1.44. The van der Waals surface area contributed by atoms with E-state index in [-0.39, 0.29) is 11.4 Å². The van der Waals surface area contributed by atoms with Crippen molar-refractivity contribution in [1.82, 2.24) is 0 Å². The van der Waals surface area contributed by atoms with Crippen LogP contribution in [0.1, 0.15) is 39.0 Å². The first-order valence-corrected chi connectivity index (χ1v) is 5.39. The van der Waals surface area contributed by atoms with Crippen LogP contribution < -0.4 is 5.73 Å². The van der Waals surface area contributed by atoms with Crippen molar-refractivity contribution >= 4 is 5.97 Å². The molecule has 1 saturated carbocycles. The van der Waals surface area contributed by atoms with Gasteiger partial charge in [-0.3, -0.25) is 4.79 Å². The maximum atomic E-state index is 11.3. The third-order valence-corrected chi connectivity index (χ3v) is 3.37. The van der Waals surface area contributed by atoms with Crippen LogP contribution in [0.15, 0.2) is 0 Å². The normalized spacial score (nSPS) is 32.6. The van der Waals surface area contributed by atoms with Crippen LogP contribution in [0.3, 0.4) is 0 Å². The first-order valence-electron chi connectivity index (χ1n) is 5.39. The van der Waals surface area contributed by atoms with Gasteiger partial charge >= 0.3 is 5.97 Å². The van der Waals surface area contributed by atoms with Crippen molar-refractivity contribution in [1.29, 1.82) is 0 Å². The molecule has 1 rings (SSSR count). The third kappa shape index (κ3) is 2.71. The molecule has 1 aliphatic carbocycles. The lowest BCUT2D eigenvalue weighted by molar-refractivity contribution is -0.144. The Hall–Kier alpha value is -0.570. The molecule has 0 amide bonds. The second-order valence-electron chi connectivity index (χ2n) is 4.66. The maximum Gasteiger partial charge on any atom is 0.306 e. The summed E-state index contributed by atoms with van der Waals surface area (Å²) in [6.07, 6.45) is 5.09. The summed E-state index contributed by atoms with van der Waals surface area (Å²) in [5.41, 5.74) is 5.81. The zero-order valence-corrected chi connectivity index (χ0v) is 9.21. The van der Waals surface area contributed by atoms with Crippen LogP contribution in [0.4, 0.5) is 0 Å². The molecule has 0 aromatic rings. The maximum absolute atomic E-state index is 11.3. The van der Waals surface area contributed by atoms with E-state index in [9.17, 15) is 4.79 Å². The number of rotatable bonds is 3. The Labute approximate surface area is 86.0 Å². The Kier molecular flexibility index (Phi) is 3.93. The minimum Gasteiger partial charge on any atom is -0.469 e. The van der Waals surface area contributed by atoms with Gasteiger partial charge < -0.3 is 10.5 Å². The topological polar surface area (TPSA) is 52.3 Å². The van der Waals surface area contributed by atoms with Gasteiger partial charge in [0.2, 0.25) is 0 Å². The highest BCUT2D eigenvalue weighted by atomic mass is 16.5. The molecule has 0 saturated heterocycles. The molecule has 0 aromatic carbocycles. The second kappa shape index (κ2) is 4.78. The van der Waals surface area contributed by atoms with Crippen molar-refractivity contribution in [3.63, 3.8) is 0 Å². The average Bonchev–Trinajstić information content (AvgIpc) is 2.17. The number of hydrogen-bond donors (Lipinski definition) is 1. The van der Waals surface area contributed by atoms with Gasteiger partial charge in [0.05, 0.1) is 13.5 Å². The lowest BCUT2D eigenvalue weighted by atomic mass is 9.68. The molecule has 0 radical (unpaired) electrons. The Balaban J connectivity index is 2.60. The Morgan fingerprint density at radius 2 is 2.36 bits per heavy atom. The van der Waals surface area contributed by atoms with E-state index in [4.69, 9.17) is 10.5 Å². The highest BCUT2D eigenvalue weighted by molar-refractivity contribution is 5.70. The van der Waals surface area contributed by atoms with Gasteiger partial charge in [-0.15, -0.1) is 0 Å². The first-order chi connectivity index (χ1) is 6.62. The van der Waals surface area contributed by atoms with Gasteiger partial charge in [-0.05, 0) is 30.7 Å². The van der Waals surface area contributed by atoms with Crippen LogP contribution in [0.25, 0.3) is 0 Å². The van der Waals surface area contributed by atoms with E-state index in [1.807, 2.05) is 0 Å². The minimum absolute atomic E-state index is 0.0186. The molecule has 82 valence electrons. The fraction of sp³-hybridized carbons (Fsp3) is 0.909. The Morgan fingerprint density at radius 3 is 2.86 bits per heavy atom. The highest BCUT2D eigenvalue weighted by Gasteiger charge is 2.35. The number of esters is 1. The summed E-state index contributed by atoms with van der Waals surface area (Å²) < 4.78 is 4.72. The van der Waals surface area contributed by atoms with Crippen molar-refractivity contribution in [3.8, 4) is 0 Å². The van der Waals surface area contributed by atoms with Crippen molar-refractivity contribution < 1.29 is 9.53 Å². The number of nitrogens with two attached hydrogens (primary N) is 1. The molecule has 3 heteroatoms. The van der Waals surface area contributed by atoms with Gasteiger partial charge in [-0.25, -0.2) is 0 Å². The fourth-order valence-corrected chi connectivity index (χ4v) is 2.57. The minimum atomic E-state index is -0.121. The van der Waals surface area contributed by atoms with E-state index in [1.165, 1.54) is 20.0 Å². The van der Waals surface area contributed by atoms with E-state index in [0.29, 0.717) is 18.9 Å². The molecule has 2 unspecified atom stereocenters. The van der Waals surface area contributed by atoms with Gasteiger partial charge in [0.15, 0.2) is 0 Å². The van der Waals surface area contributed by atoms with Crippen LogP contribution in [-0.2, 0) is 9.53 Å². The molecular weight excluding hydrogens is 178 g/mol. The molecule has 1 fully saturated rings. The van der Waals surface area contributed by atoms with E-state index >= 15 is 0 Å². The molecule has 0 bridgehead atoms. The predicted octanol–water partition coefficient (Wildman–Crippen LogP) is 1.70. The molecule has 0 aromatic heterocycles. The average molecular weight is 199 g/mol. The second-order valence-corrected chi connectivity index (χ2v) is 4.66. The van der Waals surface area contributed by atoms with Crippen LogP contribution in [0.2, 0.25) is 0 Å². The SMILES string of the molecule is COC(=O)CC1(CN)CCCC(C)C1. The zero-order chi connectivity index (χ0) is 10.6. The Morgan fingerprint density at radius 1 is 1.64 bits per heavy atom. The monoisotopic (exact) mass is 199 g/mol. The summed E-state index contributed by atoms with van der Waals surface area (Å²) in [5, 5.41) is 0. The van der Waals surface area contributed by atoms with Crippen molar-refractivity contribution in [2.24, 2.45) is 17.1 Å². The predicted molar refractivity (Wildman–Crippen MR) is 55.8 cm³/mol. The van der Waals surface area contributed by atoms with Gasteiger partial charge in [0.25, 0.3) is 0 Å². The standard InChI is InChI=1S/C11H21NO2/c1-9-4-3-5-11(6-9,8-12)7-10(13)14-2/h9H,3-8,12H2,1-2H3. The number of carbonyl (C=O) groups is 1. The largest absolute Gasteiger partial charge is 0.469 e. The van der Waals surface area contributed by atoms with E-state index in [0.717, 1.165) is 12.8 Å². The molecule has 2 atom stereocenters. The number of ether oxygens (including phenoxy) is 1. The van der Waals surface area contributed by atoms with Gasteiger partial charge in [-0.1, -0.05) is 19.8 Å². The quantitative estimate of drug-likeness (QED) is 0.704. The van der Waals surface area contributed by atoms with Crippen molar-refractivity contribution in [3.05, 3.63) is 0 Å². The van der Waals surface area contributed by atoms with Crippen LogP contribution >= 0.6 is 0 Å². The summed E-state index contributed by atoms with van der Waals surface area (Å²) in [5.74, 6) is 0.571. The molecule has 0 heterocycles. The van der Waals surface area contributed by atoms with E-state index in [1.54, 1.807) is 0 Å². The summed E-state index contributed by atoms with van der Waals surface area (Å²) in [6, 6.07) is 0. The van der Waals surface area contributed by atoms with Crippen LogP contribution in [0.5, 0.6) is 0 Å². The molecule has 0 aliphatic heterocycles.